The van der Waals surface area contributed by atoms with Gasteiger partial charge in [0.1, 0.15) is 5.75 Å². The largest absolute Gasteiger partial charge is 0.493 e. The van der Waals surface area contributed by atoms with Crippen LogP contribution in [0.2, 0.25) is 0 Å². The van der Waals surface area contributed by atoms with E-state index in [1.54, 1.807) is 6.07 Å². The zero-order valence-electron chi connectivity index (χ0n) is 8.27. The van der Waals surface area contributed by atoms with Crippen molar-refractivity contribution in [2.45, 2.75) is 6.42 Å². The number of amides is 1. The Morgan fingerprint density at radius 1 is 1.47 bits per heavy atom. The van der Waals surface area contributed by atoms with Crippen LogP contribution in [0.5, 0.6) is 5.75 Å². The Kier molecular flexibility index (Phi) is 3.93. The van der Waals surface area contributed by atoms with Gasteiger partial charge in [0, 0.05) is 24.8 Å². The van der Waals surface area contributed by atoms with Crippen molar-refractivity contribution in [2.24, 2.45) is 5.73 Å². The van der Waals surface area contributed by atoms with Gasteiger partial charge in [-0.25, -0.2) is 0 Å². The van der Waals surface area contributed by atoms with Crippen molar-refractivity contribution in [3.8, 4) is 5.75 Å². The zero-order valence-corrected chi connectivity index (χ0v) is 8.27. The molecule has 0 heterocycles. The number of carbonyl (C=O) groups is 1. The van der Waals surface area contributed by atoms with Crippen LogP contribution in [0.15, 0.2) is 18.2 Å². The first-order valence-electron chi connectivity index (χ1n) is 4.58. The molecular weight excluding hydrogens is 196 g/mol. The third kappa shape index (κ3) is 3.14. The lowest BCUT2D eigenvalue weighted by Gasteiger charge is -2.09. The number of ether oxygens (including phenoxy) is 1. The van der Waals surface area contributed by atoms with Crippen molar-refractivity contribution in [1.29, 1.82) is 0 Å². The summed E-state index contributed by atoms with van der Waals surface area (Å²) in [5, 5.41) is 8.58. The van der Waals surface area contributed by atoms with Crippen LogP contribution in [-0.2, 0) is 0 Å². The van der Waals surface area contributed by atoms with Gasteiger partial charge in [-0.1, -0.05) is 0 Å². The number of nitrogen functional groups attached to an aromatic ring is 1. The maximum absolute atomic E-state index is 11.0. The van der Waals surface area contributed by atoms with Gasteiger partial charge in [0.2, 0.25) is 0 Å². The van der Waals surface area contributed by atoms with Gasteiger partial charge in [-0.15, -0.1) is 0 Å². The van der Waals surface area contributed by atoms with E-state index < -0.39 is 5.91 Å². The van der Waals surface area contributed by atoms with Crippen LogP contribution < -0.4 is 16.2 Å². The predicted octanol–water partition coefficient (Wildman–Crippen LogP) is 0.129. The highest BCUT2D eigenvalue weighted by Crippen LogP contribution is 2.21. The van der Waals surface area contributed by atoms with E-state index in [4.69, 9.17) is 21.3 Å². The van der Waals surface area contributed by atoms with Gasteiger partial charge >= 0.3 is 0 Å². The molecule has 0 aliphatic heterocycles. The molecule has 0 radical (unpaired) electrons. The molecule has 1 aromatic rings. The summed E-state index contributed by atoms with van der Waals surface area (Å²) in [4.78, 5) is 11.0. The summed E-state index contributed by atoms with van der Waals surface area (Å²) in [5.41, 5.74) is 11.5. The normalized spacial score (nSPS) is 9.93. The van der Waals surface area contributed by atoms with Gasteiger partial charge in [-0.05, 0) is 12.1 Å². The average Bonchev–Trinajstić information content (AvgIpc) is 2.18. The minimum absolute atomic E-state index is 0.0359. The van der Waals surface area contributed by atoms with E-state index in [1.165, 1.54) is 12.1 Å². The van der Waals surface area contributed by atoms with E-state index in [2.05, 4.69) is 0 Å². The van der Waals surface area contributed by atoms with Crippen LogP contribution in [-0.4, -0.2) is 24.2 Å². The number of hydrogen-bond donors (Lipinski definition) is 3. The van der Waals surface area contributed by atoms with Crippen LogP contribution in [0.25, 0.3) is 0 Å². The summed E-state index contributed by atoms with van der Waals surface area (Å²) in [7, 11) is 0. The van der Waals surface area contributed by atoms with Gasteiger partial charge in [0.05, 0.1) is 12.2 Å². The third-order valence-electron chi connectivity index (χ3n) is 1.83. The lowest BCUT2D eigenvalue weighted by Crippen LogP contribution is -2.14. The van der Waals surface area contributed by atoms with Crippen molar-refractivity contribution >= 4 is 11.6 Å². The molecule has 5 heteroatoms. The molecule has 1 amide bonds. The Labute approximate surface area is 87.6 Å². The molecule has 0 saturated carbocycles. The zero-order chi connectivity index (χ0) is 11.3. The van der Waals surface area contributed by atoms with Gasteiger partial charge in [-0.2, -0.15) is 0 Å². The monoisotopic (exact) mass is 210 g/mol. The summed E-state index contributed by atoms with van der Waals surface area (Å²) in [5.74, 6) is -0.204. The van der Waals surface area contributed by atoms with Gasteiger partial charge in [-0.3, -0.25) is 4.79 Å². The van der Waals surface area contributed by atoms with Crippen molar-refractivity contribution in [1.82, 2.24) is 0 Å². The molecule has 15 heavy (non-hydrogen) atoms. The number of hydrogen-bond acceptors (Lipinski definition) is 4. The van der Waals surface area contributed by atoms with Crippen molar-refractivity contribution in [3.05, 3.63) is 23.8 Å². The number of primary amides is 1. The van der Waals surface area contributed by atoms with Gasteiger partial charge < -0.3 is 21.3 Å². The highest BCUT2D eigenvalue weighted by molar-refractivity contribution is 5.96. The molecule has 0 bridgehead atoms. The van der Waals surface area contributed by atoms with Crippen molar-refractivity contribution in [2.75, 3.05) is 18.9 Å². The number of carbonyl (C=O) groups excluding carboxylic acids is 1. The van der Waals surface area contributed by atoms with Crippen LogP contribution >= 0.6 is 0 Å². The SMILES string of the molecule is NC(=O)c1ccc(N)cc1OCCCO. The number of aliphatic hydroxyl groups is 1. The second-order valence-electron chi connectivity index (χ2n) is 3.05. The second-order valence-corrected chi connectivity index (χ2v) is 3.05. The molecule has 0 aliphatic rings. The van der Waals surface area contributed by atoms with Gasteiger partial charge in [0.15, 0.2) is 0 Å². The van der Waals surface area contributed by atoms with E-state index in [9.17, 15) is 4.79 Å². The molecule has 0 saturated heterocycles. The topological polar surface area (TPSA) is 98.6 Å². The Hall–Kier alpha value is -1.75. The standard InChI is InChI=1S/C10H14N2O3/c11-7-2-3-8(10(12)14)9(6-7)15-5-1-4-13/h2-3,6,13H,1,4-5,11H2,(H2,12,14). The fourth-order valence-electron chi connectivity index (χ4n) is 1.11. The molecular formula is C10H14N2O3. The van der Waals surface area contributed by atoms with Crippen LogP contribution in [0, 0.1) is 0 Å². The fraction of sp³-hybridized carbons (Fsp3) is 0.300. The predicted molar refractivity (Wildman–Crippen MR) is 56.6 cm³/mol. The Morgan fingerprint density at radius 3 is 2.80 bits per heavy atom. The molecule has 0 fully saturated rings. The lowest BCUT2D eigenvalue weighted by molar-refractivity contribution is 0.0996. The molecule has 1 aromatic carbocycles. The molecule has 1 rings (SSSR count). The van der Waals surface area contributed by atoms with E-state index >= 15 is 0 Å². The molecule has 82 valence electrons. The second kappa shape index (κ2) is 5.21. The van der Waals surface area contributed by atoms with Crippen LogP contribution in [0.3, 0.4) is 0 Å². The molecule has 5 nitrogen and oxygen atoms in total. The Balaban J connectivity index is 2.82. The molecule has 0 atom stereocenters. The minimum Gasteiger partial charge on any atom is -0.493 e. The molecule has 0 aliphatic carbocycles. The Bertz CT molecular complexity index is 353. The first kappa shape index (κ1) is 11.3. The highest BCUT2D eigenvalue weighted by atomic mass is 16.5. The van der Waals surface area contributed by atoms with E-state index in [1.807, 2.05) is 0 Å². The number of anilines is 1. The van der Waals surface area contributed by atoms with E-state index in [0.717, 1.165) is 0 Å². The smallest absolute Gasteiger partial charge is 0.252 e. The first-order chi connectivity index (χ1) is 7.15. The van der Waals surface area contributed by atoms with Crippen molar-refractivity contribution < 1.29 is 14.6 Å². The summed E-state index contributed by atoms with van der Waals surface area (Å²) in [6.07, 6.45) is 0.493. The summed E-state index contributed by atoms with van der Waals surface area (Å²) >= 11 is 0. The summed E-state index contributed by atoms with van der Waals surface area (Å²) in [6, 6.07) is 4.64. The lowest BCUT2D eigenvalue weighted by atomic mass is 10.1. The Morgan fingerprint density at radius 2 is 2.20 bits per heavy atom. The minimum atomic E-state index is -0.561. The molecule has 0 aromatic heterocycles. The molecule has 0 unspecified atom stereocenters. The van der Waals surface area contributed by atoms with E-state index in [-0.39, 0.29) is 6.61 Å². The molecule has 0 spiro atoms. The third-order valence-corrected chi connectivity index (χ3v) is 1.83. The first-order valence-corrected chi connectivity index (χ1v) is 4.58. The fourth-order valence-corrected chi connectivity index (χ4v) is 1.11. The van der Waals surface area contributed by atoms with Crippen LogP contribution in [0.4, 0.5) is 5.69 Å². The number of aliphatic hydroxyl groups excluding tert-OH is 1. The van der Waals surface area contributed by atoms with Gasteiger partial charge in [0.25, 0.3) is 5.91 Å². The number of benzene rings is 1. The van der Waals surface area contributed by atoms with Crippen molar-refractivity contribution in [3.63, 3.8) is 0 Å². The number of nitrogens with two attached hydrogens (primary N) is 2. The van der Waals surface area contributed by atoms with E-state index in [0.29, 0.717) is 30.0 Å². The summed E-state index contributed by atoms with van der Waals surface area (Å²) in [6.45, 7) is 0.356. The van der Waals surface area contributed by atoms with Crippen LogP contribution in [0.1, 0.15) is 16.8 Å². The quantitative estimate of drug-likeness (QED) is 0.475. The highest BCUT2D eigenvalue weighted by Gasteiger charge is 2.09. The maximum atomic E-state index is 11.0. The maximum Gasteiger partial charge on any atom is 0.252 e. The average molecular weight is 210 g/mol. The number of rotatable bonds is 5. The summed E-state index contributed by atoms with van der Waals surface area (Å²) < 4.78 is 5.28. The molecule has 5 N–H and O–H groups in total.